The van der Waals surface area contributed by atoms with E-state index < -0.39 is 0 Å². The minimum atomic E-state index is -0.171. The van der Waals surface area contributed by atoms with E-state index in [0.29, 0.717) is 12.1 Å². The van der Waals surface area contributed by atoms with Crippen molar-refractivity contribution in [3.8, 4) is 17.2 Å². The largest absolute Gasteiger partial charge is 0.393 e. The molecule has 2 N–H and O–H groups in total. The zero-order chi connectivity index (χ0) is 21.4. The highest BCUT2D eigenvalue weighted by atomic mass is 16.3. The summed E-state index contributed by atoms with van der Waals surface area (Å²) in [4.78, 5) is 0. The fraction of sp³-hybridized carbons (Fsp3) is 0.423. The molecular weight excluding hydrogens is 370 g/mol. The van der Waals surface area contributed by atoms with Crippen LogP contribution in [0, 0.1) is 25.2 Å². The molecule has 0 aliphatic heterocycles. The second-order valence-electron chi connectivity index (χ2n) is 8.99. The van der Waals surface area contributed by atoms with E-state index in [1.165, 1.54) is 22.2 Å². The minimum absolute atomic E-state index is 0.171. The Morgan fingerprint density at radius 2 is 1.83 bits per heavy atom. The molecule has 1 fully saturated rings. The Balaban J connectivity index is 1.91. The molecule has 1 saturated carbocycles. The van der Waals surface area contributed by atoms with E-state index in [9.17, 15) is 10.4 Å². The number of hydrogen-bond donors (Lipinski definition) is 2. The topological polar surface area (TPSA) is 61.0 Å². The molecule has 0 spiro atoms. The molecule has 4 rings (SSSR count). The van der Waals surface area contributed by atoms with Gasteiger partial charge in [-0.25, -0.2) is 0 Å². The third-order valence-electron chi connectivity index (χ3n) is 6.43. The van der Waals surface area contributed by atoms with Crippen LogP contribution in [0.2, 0.25) is 0 Å². The van der Waals surface area contributed by atoms with Crippen LogP contribution in [0.4, 0.5) is 5.69 Å². The van der Waals surface area contributed by atoms with Crippen LogP contribution in [0.3, 0.4) is 0 Å². The highest BCUT2D eigenvalue weighted by Crippen LogP contribution is 2.40. The Labute approximate surface area is 179 Å². The minimum Gasteiger partial charge on any atom is -0.393 e. The van der Waals surface area contributed by atoms with Gasteiger partial charge in [-0.3, -0.25) is 0 Å². The SMILES string of the molecule is Cc1cc2c(cc1C#N)c(-c1cccc(NC(C)C)c1C)cn2[C@H]1CC[C@H](O)CC1. The monoisotopic (exact) mass is 401 g/mol. The average Bonchev–Trinajstić information content (AvgIpc) is 3.07. The Morgan fingerprint density at radius 3 is 2.50 bits per heavy atom. The highest BCUT2D eigenvalue weighted by molar-refractivity contribution is 5.99. The van der Waals surface area contributed by atoms with Gasteiger partial charge in [0.15, 0.2) is 0 Å². The first-order valence-corrected chi connectivity index (χ1v) is 11.0. The smallest absolute Gasteiger partial charge is 0.0994 e. The van der Waals surface area contributed by atoms with Crippen molar-refractivity contribution in [2.24, 2.45) is 0 Å². The summed E-state index contributed by atoms with van der Waals surface area (Å²) in [6.07, 6.45) is 5.77. The van der Waals surface area contributed by atoms with Crippen LogP contribution in [-0.4, -0.2) is 21.8 Å². The first-order chi connectivity index (χ1) is 14.4. The van der Waals surface area contributed by atoms with Gasteiger partial charge in [0.1, 0.15) is 0 Å². The predicted molar refractivity (Wildman–Crippen MR) is 124 cm³/mol. The van der Waals surface area contributed by atoms with E-state index in [0.717, 1.165) is 47.9 Å². The number of anilines is 1. The van der Waals surface area contributed by atoms with E-state index >= 15 is 0 Å². The van der Waals surface area contributed by atoms with Crippen LogP contribution in [0.15, 0.2) is 36.5 Å². The van der Waals surface area contributed by atoms with Gasteiger partial charge in [-0.1, -0.05) is 12.1 Å². The molecule has 0 saturated heterocycles. The molecule has 0 amide bonds. The zero-order valence-corrected chi connectivity index (χ0v) is 18.4. The summed E-state index contributed by atoms with van der Waals surface area (Å²) in [5, 5.41) is 24.3. The number of aryl methyl sites for hydroxylation is 1. The van der Waals surface area contributed by atoms with Crippen LogP contribution in [0.5, 0.6) is 0 Å². The van der Waals surface area contributed by atoms with Gasteiger partial charge < -0.3 is 15.0 Å². The zero-order valence-electron chi connectivity index (χ0n) is 18.4. The van der Waals surface area contributed by atoms with Gasteiger partial charge in [-0.2, -0.15) is 5.26 Å². The lowest BCUT2D eigenvalue weighted by molar-refractivity contribution is 0.111. The fourth-order valence-corrected chi connectivity index (χ4v) is 4.77. The summed E-state index contributed by atoms with van der Waals surface area (Å²) in [6.45, 7) is 8.48. The molecule has 156 valence electrons. The van der Waals surface area contributed by atoms with E-state index in [-0.39, 0.29) is 6.10 Å². The van der Waals surface area contributed by atoms with Crippen molar-refractivity contribution < 1.29 is 5.11 Å². The number of nitriles is 1. The lowest BCUT2D eigenvalue weighted by atomic mass is 9.93. The lowest BCUT2D eigenvalue weighted by Gasteiger charge is -2.27. The molecule has 0 bridgehead atoms. The van der Waals surface area contributed by atoms with Crippen LogP contribution >= 0.6 is 0 Å². The van der Waals surface area contributed by atoms with E-state index in [1.807, 2.05) is 6.92 Å². The molecule has 3 aromatic rings. The van der Waals surface area contributed by atoms with E-state index in [4.69, 9.17) is 0 Å². The molecule has 0 atom stereocenters. The molecule has 0 unspecified atom stereocenters. The molecule has 1 aromatic heterocycles. The first kappa shape index (κ1) is 20.5. The van der Waals surface area contributed by atoms with Crippen molar-refractivity contribution >= 4 is 16.6 Å². The van der Waals surface area contributed by atoms with Crippen molar-refractivity contribution in [1.29, 1.82) is 5.26 Å². The molecule has 1 heterocycles. The van der Waals surface area contributed by atoms with Crippen LogP contribution < -0.4 is 5.32 Å². The summed E-state index contributed by atoms with van der Waals surface area (Å²) in [5.74, 6) is 0. The summed E-state index contributed by atoms with van der Waals surface area (Å²) in [7, 11) is 0. The van der Waals surface area contributed by atoms with Gasteiger partial charge in [-0.05, 0) is 88.3 Å². The summed E-state index contributed by atoms with van der Waals surface area (Å²) < 4.78 is 2.40. The van der Waals surface area contributed by atoms with Gasteiger partial charge >= 0.3 is 0 Å². The number of rotatable bonds is 4. The number of nitrogens with one attached hydrogen (secondary N) is 1. The molecule has 0 radical (unpaired) electrons. The van der Waals surface area contributed by atoms with Crippen LogP contribution in [0.25, 0.3) is 22.0 Å². The van der Waals surface area contributed by atoms with Gasteiger partial charge in [0.25, 0.3) is 0 Å². The number of aliphatic hydroxyl groups excluding tert-OH is 1. The number of hydrogen-bond acceptors (Lipinski definition) is 3. The predicted octanol–water partition coefficient (Wildman–Crippen LogP) is 6.09. The Kier molecular flexibility index (Phi) is 5.58. The van der Waals surface area contributed by atoms with E-state index in [2.05, 4.69) is 73.3 Å². The molecule has 1 aliphatic rings. The third-order valence-corrected chi connectivity index (χ3v) is 6.43. The molecule has 4 nitrogen and oxygen atoms in total. The Hall–Kier alpha value is -2.77. The standard InChI is InChI=1S/C26H31N3O/c1-16(2)28-25-7-5-6-22(18(25)4)24-15-29(20-8-10-21(30)11-9-20)26-12-17(3)19(14-27)13-23(24)26/h5-7,12-13,15-16,20-21,28,30H,8-11H2,1-4H3/t20-,21-. The number of benzene rings is 2. The normalized spacial score (nSPS) is 19.2. The van der Waals surface area contributed by atoms with Gasteiger partial charge in [0.05, 0.1) is 17.7 Å². The maximum atomic E-state index is 9.97. The molecule has 1 aliphatic carbocycles. The van der Waals surface area contributed by atoms with Gasteiger partial charge in [0, 0.05) is 40.4 Å². The van der Waals surface area contributed by atoms with Crippen molar-refractivity contribution in [3.63, 3.8) is 0 Å². The molecular formula is C26H31N3O. The van der Waals surface area contributed by atoms with Crippen LogP contribution in [0.1, 0.15) is 62.3 Å². The average molecular weight is 402 g/mol. The molecule has 30 heavy (non-hydrogen) atoms. The number of aliphatic hydroxyl groups is 1. The van der Waals surface area contributed by atoms with Crippen molar-refractivity contribution in [3.05, 3.63) is 53.2 Å². The van der Waals surface area contributed by atoms with Gasteiger partial charge in [0.2, 0.25) is 0 Å². The fourth-order valence-electron chi connectivity index (χ4n) is 4.77. The maximum absolute atomic E-state index is 9.97. The van der Waals surface area contributed by atoms with Crippen molar-refractivity contribution in [2.75, 3.05) is 5.32 Å². The molecule has 2 aromatic carbocycles. The van der Waals surface area contributed by atoms with Crippen molar-refractivity contribution in [2.45, 2.75) is 71.6 Å². The Bertz CT molecular complexity index is 1110. The summed E-state index contributed by atoms with van der Waals surface area (Å²) in [5.41, 5.74) is 7.68. The van der Waals surface area contributed by atoms with Gasteiger partial charge in [-0.15, -0.1) is 0 Å². The summed E-state index contributed by atoms with van der Waals surface area (Å²) >= 11 is 0. The Morgan fingerprint density at radius 1 is 1.10 bits per heavy atom. The highest BCUT2D eigenvalue weighted by Gasteiger charge is 2.24. The first-order valence-electron chi connectivity index (χ1n) is 11.0. The second-order valence-corrected chi connectivity index (χ2v) is 8.99. The van der Waals surface area contributed by atoms with Crippen LogP contribution in [-0.2, 0) is 0 Å². The second kappa shape index (κ2) is 8.16. The lowest BCUT2D eigenvalue weighted by Crippen LogP contribution is -2.20. The number of nitrogens with zero attached hydrogens (tertiary/aromatic N) is 2. The number of fused-ring (bicyclic) bond motifs is 1. The number of aromatic nitrogens is 1. The third kappa shape index (κ3) is 3.70. The quantitative estimate of drug-likeness (QED) is 0.556. The maximum Gasteiger partial charge on any atom is 0.0994 e. The molecule has 4 heteroatoms. The summed E-state index contributed by atoms with van der Waals surface area (Å²) in [6, 6.07) is 13.7. The van der Waals surface area contributed by atoms with E-state index in [1.54, 1.807) is 0 Å². The van der Waals surface area contributed by atoms with Crippen molar-refractivity contribution in [1.82, 2.24) is 4.57 Å².